The van der Waals surface area contributed by atoms with Gasteiger partial charge in [-0.15, -0.1) is 12.4 Å². The fourth-order valence-corrected chi connectivity index (χ4v) is 1.25. The van der Waals surface area contributed by atoms with Crippen molar-refractivity contribution >= 4 is 18.3 Å². The van der Waals surface area contributed by atoms with Crippen LogP contribution in [0.4, 0.5) is 8.78 Å². The Kier molecular flexibility index (Phi) is 9.60. The highest BCUT2D eigenvalue weighted by atomic mass is 35.5. The number of halogens is 3. The summed E-state index contributed by atoms with van der Waals surface area (Å²) in [5, 5.41) is 2.05. The van der Waals surface area contributed by atoms with Crippen molar-refractivity contribution in [2.24, 2.45) is 5.73 Å². The van der Waals surface area contributed by atoms with Crippen molar-refractivity contribution in [3.05, 3.63) is 30.3 Å². The van der Waals surface area contributed by atoms with Gasteiger partial charge in [0.05, 0.1) is 19.7 Å². The van der Waals surface area contributed by atoms with Crippen molar-refractivity contribution in [1.29, 1.82) is 0 Å². The number of amides is 1. The van der Waals surface area contributed by atoms with Crippen LogP contribution in [0, 0.1) is 0 Å². The number of carbonyl (C=O) groups is 1. The molecule has 0 heterocycles. The van der Waals surface area contributed by atoms with Gasteiger partial charge in [-0.25, -0.2) is 8.78 Å². The molecule has 0 aromatic heterocycles. The molecule has 5 nitrogen and oxygen atoms in total. The summed E-state index contributed by atoms with van der Waals surface area (Å²) >= 11 is 0. The summed E-state index contributed by atoms with van der Waals surface area (Å²) in [6.07, 6.45) is 0. The Morgan fingerprint density at radius 1 is 1.24 bits per heavy atom. The number of nitrogens with one attached hydrogen (secondary N) is 1. The summed E-state index contributed by atoms with van der Waals surface area (Å²) in [6.45, 7) is -1.42. The summed E-state index contributed by atoms with van der Waals surface area (Å²) in [7, 11) is 0. The number of hydrogen-bond donors (Lipinski definition) is 2. The summed E-state index contributed by atoms with van der Waals surface area (Å²) in [4.78, 5) is 11.2. The molecular weight excluding hydrogens is 306 g/mol. The van der Waals surface area contributed by atoms with E-state index in [1.165, 1.54) is 0 Å². The minimum Gasteiger partial charge on any atom is -0.491 e. The van der Waals surface area contributed by atoms with E-state index in [2.05, 4.69) is 0 Å². The fraction of sp³-hybridized carbons (Fsp3) is 0.462. The van der Waals surface area contributed by atoms with Crippen molar-refractivity contribution in [3.63, 3.8) is 0 Å². The van der Waals surface area contributed by atoms with Crippen molar-refractivity contribution < 1.29 is 23.0 Å². The first kappa shape index (κ1) is 19.6. The maximum Gasteiger partial charge on any atom is 0.277 e. The third-order valence-corrected chi connectivity index (χ3v) is 2.32. The molecule has 21 heavy (non-hydrogen) atoms. The summed E-state index contributed by atoms with van der Waals surface area (Å²) in [5.74, 6) is -3.01. The molecule has 0 radical (unpaired) electrons. The monoisotopic (exact) mass is 324 g/mol. The molecule has 0 aliphatic rings. The first-order chi connectivity index (χ1) is 9.53. The molecule has 0 bridgehead atoms. The molecule has 0 unspecified atom stereocenters. The van der Waals surface area contributed by atoms with Crippen LogP contribution in [0.5, 0.6) is 5.75 Å². The summed E-state index contributed by atoms with van der Waals surface area (Å²) in [5.41, 5.74) is 4.84. The molecule has 120 valence electrons. The van der Waals surface area contributed by atoms with Crippen LogP contribution in [0.3, 0.4) is 0 Å². The maximum atomic E-state index is 12.7. The van der Waals surface area contributed by atoms with Crippen LogP contribution in [0.2, 0.25) is 0 Å². The maximum absolute atomic E-state index is 12.7. The minimum atomic E-state index is -3.09. The van der Waals surface area contributed by atoms with E-state index in [-0.39, 0.29) is 32.2 Å². The average molecular weight is 325 g/mol. The zero-order valence-corrected chi connectivity index (χ0v) is 12.2. The molecule has 1 rings (SSSR count). The Morgan fingerprint density at radius 2 is 1.90 bits per heavy atom. The fourth-order valence-electron chi connectivity index (χ4n) is 1.25. The molecule has 0 aliphatic heterocycles. The molecule has 0 spiro atoms. The van der Waals surface area contributed by atoms with E-state index >= 15 is 0 Å². The zero-order chi connectivity index (χ0) is 14.8. The third kappa shape index (κ3) is 9.17. The number of hydrogen-bond acceptors (Lipinski definition) is 4. The van der Waals surface area contributed by atoms with Crippen LogP contribution in [0.15, 0.2) is 30.3 Å². The molecular formula is C13H19ClF2N2O3. The van der Waals surface area contributed by atoms with Gasteiger partial charge in [0.15, 0.2) is 0 Å². The predicted molar refractivity (Wildman–Crippen MR) is 77.0 cm³/mol. The van der Waals surface area contributed by atoms with Gasteiger partial charge in [-0.05, 0) is 12.1 Å². The van der Waals surface area contributed by atoms with Crippen molar-refractivity contribution in [1.82, 2.24) is 5.32 Å². The van der Waals surface area contributed by atoms with Crippen LogP contribution in [-0.4, -0.2) is 44.7 Å². The average Bonchev–Trinajstić information content (AvgIpc) is 2.46. The highest BCUT2D eigenvalue weighted by Gasteiger charge is 2.26. The predicted octanol–water partition coefficient (Wildman–Crippen LogP) is 1.21. The second kappa shape index (κ2) is 10.3. The number of para-hydroxylation sites is 1. The summed E-state index contributed by atoms with van der Waals surface area (Å²) < 4.78 is 35.8. The molecule has 3 N–H and O–H groups in total. The molecule has 0 saturated heterocycles. The Labute approximate surface area is 128 Å². The van der Waals surface area contributed by atoms with Gasteiger partial charge in [0, 0.05) is 0 Å². The van der Waals surface area contributed by atoms with Gasteiger partial charge in [-0.3, -0.25) is 4.79 Å². The lowest BCUT2D eigenvalue weighted by Gasteiger charge is -2.14. The Bertz CT molecular complexity index is 408. The highest BCUT2D eigenvalue weighted by Crippen LogP contribution is 2.08. The largest absolute Gasteiger partial charge is 0.491 e. The Morgan fingerprint density at radius 3 is 2.52 bits per heavy atom. The zero-order valence-electron chi connectivity index (χ0n) is 11.4. The van der Waals surface area contributed by atoms with E-state index in [1.54, 1.807) is 12.1 Å². The highest BCUT2D eigenvalue weighted by molar-refractivity contribution is 5.85. The van der Waals surface area contributed by atoms with Gasteiger partial charge in [0.1, 0.15) is 19.0 Å². The molecule has 0 aliphatic carbocycles. The van der Waals surface area contributed by atoms with E-state index in [9.17, 15) is 13.6 Å². The molecule has 0 fully saturated rings. The lowest BCUT2D eigenvalue weighted by atomic mass is 10.3. The molecule has 8 heteroatoms. The van der Waals surface area contributed by atoms with E-state index in [1.807, 2.05) is 23.5 Å². The lowest BCUT2D eigenvalue weighted by Crippen LogP contribution is -2.42. The van der Waals surface area contributed by atoms with E-state index in [0.717, 1.165) is 0 Å². The van der Waals surface area contributed by atoms with Gasteiger partial charge in [-0.2, -0.15) is 0 Å². The first-order valence-corrected chi connectivity index (χ1v) is 6.14. The Hall–Kier alpha value is -1.44. The lowest BCUT2D eigenvalue weighted by molar-refractivity contribution is -0.127. The topological polar surface area (TPSA) is 73.6 Å². The van der Waals surface area contributed by atoms with Gasteiger partial charge >= 0.3 is 0 Å². The van der Waals surface area contributed by atoms with Crippen LogP contribution < -0.4 is 15.8 Å². The Balaban J connectivity index is 0.00000400. The van der Waals surface area contributed by atoms with Crippen molar-refractivity contribution in [2.45, 2.75) is 5.92 Å². The number of carbonyl (C=O) groups excluding carboxylic acids is 1. The molecule has 0 atom stereocenters. The molecule has 0 saturated carbocycles. The van der Waals surface area contributed by atoms with Crippen LogP contribution >= 0.6 is 12.4 Å². The number of ether oxygens (including phenoxy) is 2. The smallest absolute Gasteiger partial charge is 0.277 e. The standard InChI is InChI=1S/C13H18F2N2O3.ClH/c14-13(15,9-16)10-17-12(18)8-19-6-7-20-11-4-2-1-3-5-11;/h1-5H,6-10,16H2,(H,17,18);1H. The van der Waals surface area contributed by atoms with Gasteiger partial charge in [0.25, 0.3) is 5.92 Å². The van der Waals surface area contributed by atoms with Gasteiger partial charge in [-0.1, -0.05) is 18.2 Å². The number of alkyl halides is 2. The van der Waals surface area contributed by atoms with Crippen LogP contribution in [0.25, 0.3) is 0 Å². The molecule has 1 amide bonds. The quantitative estimate of drug-likeness (QED) is 0.670. The van der Waals surface area contributed by atoms with E-state index in [0.29, 0.717) is 5.75 Å². The number of nitrogens with two attached hydrogens (primary N) is 1. The van der Waals surface area contributed by atoms with Gasteiger partial charge < -0.3 is 20.5 Å². The number of rotatable bonds is 9. The molecule has 1 aromatic rings. The second-order valence-corrected chi connectivity index (χ2v) is 4.05. The van der Waals surface area contributed by atoms with Crippen LogP contribution in [0.1, 0.15) is 0 Å². The van der Waals surface area contributed by atoms with E-state index in [4.69, 9.17) is 15.2 Å². The molecule has 1 aromatic carbocycles. The second-order valence-electron chi connectivity index (χ2n) is 4.05. The normalized spacial score (nSPS) is 10.6. The van der Waals surface area contributed by atoms with Gasteiger partial charge in [0.2, 0.25) is 5.91 Å². The minimum absolute atomic E-state index is 0. The SMILES string of the molecule is Cl.NCC(F)(F)CNC(=O)COCCOc1ccccc1. The number of benzene rings is 1. The third-order valence-electron chi connectivity index (χ3n) is 2.32. The van der Waals surface area contributed by atoms with E-state index < -0.39 is 24.9 Å². The van der Waals surface area contributed by atoms with Crippen molar-refractivity contribution in [2.75, 3.05) is 32.9 Å². The van der Waals surface area contributed by atoms with Crippen molar-refractivity contribution in [3.8, 4) is 5.75 Å². The van der Waals surface area contributed by atoms with Crippen LogP contribution in [-0.2, 0) is 9.53 Å². The first-order valence-electron chi connectivity index (χ1n) is 6.14. The summed E-state index contributed by atoms with van der Waals surface area (Å²) in [6, 6.07) is 9.12.